The van der Waals surface area contributed by atoms with Crippen LogP contribution in [0.15, 0.2) is 0 Å². The molecule has 0 aromatic rings. The number of likely N-dealkylation sites (tertiary alicyclic amines) is 1. The van der Waals surface area contributed by atoms with Crippen molar-refractivity contribution in [3.63, 3.8) is 0 Å². The predicted octanol–water partition coefficient (Wildman–Crippen LogP) is 0.833. The largest absolute Gasteiger partial charge is 0.354 e. The second-order valence-corrected chi connectivity index (χ2v) is 5.22. The van der Waals surface area contributed by atoms with Gasteiger partial charge in [-0.3, -0.25) is 4.79 Å². The Bertz CT molecular complexity index is 227. The van der Waals surface area contributed by atoms with E-state index >= 15 is 0 Å². The molecule has 1 amide bonds. The van der Waals surface area contributed by atoms with E-state index in [4.69, 9.17) is 0 Å². The van der Waals surface area contributed by atoms with Gasteiger partial charge in [0.15, 0.2) is 0 Å². The average Bonchev–Trinajstić information content (AvgIpc) is 2.36. The molecule has 4 heteroatoms. The molecule has 0 aromatic carbocycles. The molecule has 1 aliphatic rings. The van der Waals surface area contributed by atoms with Crippen LogP contribution in [0.25, 0.3) is 0 Å². The van der Waals surface area contributed by atoms with Crippen molar-refractivity contribution in [1.82, 2.24) is 15.5 Å². The molecule has 2 atom stereocenters. The smallest absolute Gasteiger partial charge is 0.236 e. The van der Waals surface area contributed by atoms with Crippen molar-refractivity contribution in [1.29, 1.82) is 0 Å². The molecule has 100 valence electrons. The summed E-state index contributed by atoms with van der Waals surface area (Å²) in [6.45, 7) is 8.43. The van der Waals surface area contributed by atoms with Gasteiger partial charge in [0, 0.05) is 13.1 Å². The maximum atomic E-state index is 11.6. The van der Waals surface area contributed by atoms with Gasteiger partial charge < -0.3 is 15.5 Å². The first-order valence-corrected chi connectivity index (χ1v) is 6.80. The minimum absolute atomic E-state index is 0.0954. The summed E-state index contributed by atoms with van der Waals surface area (Å²) in [7, 11) is 1.81. The van der Waals surface area contributed by atoms with E-state index in [9.17, 15) is 4.79 Å². The van der Waals surface area contributed by atoms with E-state index in [1.807, 2.05) is 6.92 Å². The highest BCUT2D eigenvalue weighted by Crippen LogP contribution is 2.10. The Morgan fingerprint density at radius 2 is 1.88 bits per heavy atom. The number of likely N-dealkylation sites (N-methyl/N-ethyl adjacent to an activating group) is 1. The molecule has 2 N–H and O–H groups in total. The number of piperidine rings is 1. The van der Waals surface area contributed by atoms with Gasteiger partial charge in [-0.25, -0.2) is 0 Å². The maximum Gasteiger partial charge on any atom is 0.236 e. The normalized spacial score (nSPS) is 20.9. The predicted molar refractivity (Wildman–Crippen MR) is 71.0 cm³/mol. The molecule has 1 heterocycles. The van der Waals surface area contributed by atoms with Crippen LogP contribution < -0.4 is 10.6 Å². The quantitative estimate of drug-likeness (QED) is 0.724. The Morgan fingerprint density at radius 1 is 1.24 bits per heavy atom. The Kier molecular flexibility index (Phi) is 6.52. The number of carbonyl (C=O) groups excluding carboxylic acids is 1. The third-order valence-electron chi connectivity index (χ3n) is 3.47. The second-order valence-electron chi connectivity index (χ2n) is 5.22. The van der Waals surface area contributed by atoms with Crippen LogP contribution in [0.5, 0.6) is 0 Å². The molecule has 0 bridgehead atoms. The van der Waals surface area contributed by atoms with Gasteiger partial charge in [-0.1, -0.05) is 13.3 Å². The van der Waals surface area contributed by atoms with E-state index in [1.165, 1.54) is 32.4 Å². The summed E-state index contributed by atoms with van der Waals surface area (Å²) in [5.41, 5.74) is 0. The summed E-state index contributed by atoms with van der Waals surface area (Å²) >= 11 is 0. The zero-order chi connectivity index (χ0) is 12.7. The summed E-state index contributed by atoms with van der Waals surface area (Å²) in [6.07, 6.45) is 4.03. The van der Waals surface area contributed by atoms with Crippen LogP contribution in [-0.4, -0.2) is 50.1 Å². The van der Waals surface area contributed by atoms with Crippen molar-refractivity contribution in [3.8, 4) is 0 Å². The lowest BCUT2D eigenvalue weighted by Gasteiger charge is -2.29. The molecule has 0 aliphatic carbocycles. The molecule has 4 nitrogen and oxygen atoms in total. The number of hydrogen-bond donors (Lipinski definition) is 2. The molecule has 1 fully saturated rings. The molecule has 1 rings (SSSR count). The molecule has 0 aromatic heterocycles. The van der Waals surface area contributed by atoms with E-state index in [0.717, 1.165) is 13.1 Å². The lowest BCUT2D eigenvalue weighted by atomic mass is 10.1. The lowest BCUT2D eigenvalue weighted by Crippen LogP contribution is -2.43. The van der Waals surface area contributed by atoms with Gasteiger partial charge in [0.05, 0.1) is 6.04 Å². The fourth-order valence-electron chi connectivity index (χ4n) is 2.21. The Labute approximate surface area is 105 Å². The first-order chi connectivity index (χ1) is 8.13. The average molecular weight is 241 g/mol. The van der Waals surface area contributed by atoms with Gasteiger partial charge in [0.2, 0.25) is 5.91 Å². The molecular weight excluding hydrogens is 214 g/mol. The van der Waals surface area contributed by atoms with Gasteiger partial charge >= 0.3 is 0 Å². The Balaban J connectivity index is 2.15. The van der Waals surface area contributed by atoms with Gasteiger partial charge in [-0.2, -0.15) is 0 Å². The molecule has 0 spiro atoms. The number of carbonyl (C=O) groups is 1. The van der Waals surface area contributed by atoms with Crippen LogP contribution in [0.4, 0.5) is 0 Å². The third kappa shape index (κ3) is 5.50. The summed E-state index contributed by atoms with van der Waals surface area (Å²) < 4.78 is 0. The monoisotopic (exact) mass is 241 g/mol. The SMILES string of the molecule is CNC(C)C(=O)NCC(C)CN1CCCCC1. The van der Waals surface area contributed by atoms with Gasteiger partial charge in [0.25, 0.3) is 0 Å². The zero-order valence-corrected chi connectivity index (χ0v) is 11.5. The van der Waals surface area contributed by atoms with Crippen molar-refractivity contribution < 1.29 is 4.79 Å². The lowest BCUT2D eigenvalue weighted by molar-refractivity contribution is -0.122. The van der Waals surface area contributed by atoms with Gasteiger partial charge in [-0.15, -0.1) is 0 Å². The molecule has 1 saturated heterocycles. The van der Waals surface area contributed by atoms with Crippen molar-refractivity contribution in [3.05, 3.63) is 0 Å². The van der Waals surface area contributed by atoms with Crippen molar-refractivity contribution >= 4 is 5.91 Å². The van der Waals surface area contributed by atoms with E-state index in [1.54, 1.807) is 7.05 Å². The number of rotatable bonds is 6. The van der Waals surface area contributed by atoms with E-state index in [0.29, 0.717) is 5.92 Å². The van der Waals surface area contributed by atoms with E-state index in [2.05, 4.69) is 22.5 Å². The molecule has 2 unspecified atom stereocenters. The first kappa shape index (κ1) is 14.5. The summed E-state index contributed by atoms with van der Waals surface area (Å²) in [5, 5.41) is 5.94. The number of hydrogen-bond acceptors (Lipinski definition) is 3. The zero-order valence-electron chi connectivity index (χ0n) is 11.5. The third-order valence-corrected chi connectivity index (χ3v) is 3.47. The highest BCUT2D eigenvalue weighted by Gasteiger charge is 2.15. The molecule has 0 saturated carbocycles. The summed E-state index contributed by atoms with van der Waals surface area (Å²) in [4.78, 5) is 14.1. The van der Waals surface area contributed by atoms with Crippen LogP contribution in [0.1, 0.15) is 33.1 Å². The number of nitrogens with one attached hydrogen (secondary N) is 2. The van der Waals surface area contributed by atoms with Gasteiger partial charge in [-0.05, 0) is 45.8 Å². The van der Waals surface area contributed by atoms with Gasteiger partial charge in [0.1, 0.15) is 0 Å². The summed E-state index contributed by atoms with van der Waals surface area (Å²) in [6, 6.07) is -0.0998. The second kappa shape index (κ2) is 7.67. The Hall–Kier alpha value is -0.610. The van der Waals surface area contributed by atoms with Crippen LogP contribution >= 0.6 is 0 Å². The van der Waals surface area contributed by atoms with Crippen LogP contribution in [0, 0.1) is 5.92 Å². The van der Waals surface area contributed by atoms with Crippen molar-refractivity contribution in [2.24, 2.45) is 5.92 Å². The topological polar surface area (TPSA) is 44.4 Å². The summed E-state index contributed by atoms with van der Waals surface area (Å²) in [5.74, 6) is 0.624. The molecule has 0 radical (unpaired) electrons. The van der Waals surface area contributed by atoms with Crippen molar-refractivity contribution in [2.45, 2.75) is 39.2 Å². The maximum absolute atomic E-state index is 11.6. The van der Waals surface area contributed by atoms with Crippen molar-refractivity contribution in [2.75, 3.05) is 33.2 Å². The highest BCUT2D eigenvalue weighted by atomic mass is 16.2. The minimum atomic E-state index is -0.0998. The number of nitrogens with zero attached hydrogens (tertiary/aromatic N) is 1. The highest BCUT2D eigenvalue weighted by molar-refractivity contribution is 5.81. The molecule has 17 heavy (non-hydrogen) atoms. The van der Waals surface area contributed by atoms with Crippen LogP contribution in [-0.2, 0) is 4.79 Å². The van der Waals surface area contributed by atoms with E-state index < -0.39 is 0 Å². The fraction of sp³-hybridized carbons (Fsp3) is 0.923. The van der Waals surface area contributed by atoms with Crippen LogP contribution in [0.2, 0.25) is 0 Å². The first-order valence-electron chi connectivity index (χ1n) is 6.80. The van der Waals surface area contributed by atoms with E-state index in [-0.39, 0.29) is 11.9 Å². The standard InChI is InChI=1S/C13H27N3O/c1-11(9-15-13(17)12(2)14-3)10-16-7-5-4-6-8-16/h11-12,14H,4-10H2,1-3H3,(H,15,17). The number of amides is 1. The molecular formula is C13H27N3O. The molecule has 1 aliphatic heterocycles. The Morgan fingerprint density at radius 3 is 2.47 bits per heavy atom. The van der Waals surface area contributed by atoms with Crippen LogP contribution in [0.3, 0.4) is 0 Å². The minimum Gasteiger partial charge on any atom is -0.354 e. The fourth-order valence-corrected chi connectivity index (χ4v) is 2.21.